The zero-order valence-corrected chi connectivity index (χ0v) is 19.0. The fourth-order valence-electron chi connectivity index (χ4n) is 3.97. The molecule has 1 atom stereocenters. The third kappa shape index (κ3) is 4.34. The SMILES string of the molecule is COc1ccccc1C(=O)COC(=O)c1cccc(S(=O)(=O)N2c3ccccc3CC2C)c1. The number of sulfonamides is 1. The van der Waals surface area contributed by atoms with Gasteiger partial charge in [0.15, 0.2) is 6.61 Å². The Hall–Kier alpha value is -3.65. The number of carbonyl (C=O) groups is 2. The molecule has 7 nitrogen and oxygen atoms in total. The van der Waals surface area contributed by atoms with Gasteiger partial charge in [-0.3, -0.25) is 9.10 Å². The van der Waals surface area contributed by atoms with Crippen molar-refractivity contribution in [3.8, 4) is 5.75 Å². The van der Waals surface area contributed by atoms with Gasteiger partial charge >= 0.3 is 5.97 Å². The highest BCUT2D eigenvalue weighted by molar-refractivity contribution is 7.92. The van der Waals surface area contributed by atoms with Crippen molar-refractivity contribution in [2.24, 2.45) is 0 Å². The molecule has 0 saturated heterocycles. The van der Waals surface area contributed by atoms with Crippen LogP contribution in [0, 0.1) is 0 Å². The monoisotopic (exact) mass is 465 g/mol. The zero-order valence-electron chi connectivity index (χ0n) is 18.2. The Morgan fingerprint density at radius 1 is 1.00 bits per heavy atom. The van der Waals surface area contributed by atoms with Crippen LogP contribution < -0.4 is 9.04 Å². The number of esters is 1. The Labute approximate surface area is 192 Å². The smallest absolute Gasteiger partial charge is 0.338 e. The molecule has 1 aliphatic rings. The number of Topliss-reactive ketones (excluding diaryl/α,β-unsaturated/α-hetero) is 1. The maximum atomic E-state index is 13.4. The van der Waals surface area contributed by atoms with Gasteiger partial charge in [-0.1, -0.05) is 36.4 Å². The van der Waals surface area contributed by atoms with Crippen LogP contribution >= 0.6 is 0 Å². The highest BCUT2D eigenvalue weighted by Gasteiger charge is 2.36. The minimum Gasteiger partial charge on any atom is -0.496 e. The number of fused-ring (bicyclic) bond motifs is 1. The number of methoxy groups -OCH3 is 1. The topological polar surface area (TPSA) is 90.0 Å². The van der Waals surface area contributed by atoms with Crippen LogP contribution in [-0.4, -0.2) is 39.9 Å². The number of para-hydroxylation sites is 2. The van der Waals surface area contributed by atoms with E-state index < -0.39 is 28.4 Å². The number of rotatable bonds is 7. The molecule has 0 radical (unpaired) electrons. The maximum Gasteiger partial charge on any atom is 0.338 e. The second-order valence-corrected chi connectivity index (χ2v) is 9.53. The first-order valence-electron chi connectivity index (χ1n) is 10.4. The van der Waals surface area contributed by atoms with Crippen LogP contribution in [0.2, 0.25) is 0 Å². The van der Waals surface area contributed by atoms with Crippen LogP contribution in [0.15, 0.2) is 77.7 Å². The second-order valence-electron chi connectivity index (χ2n) is 7.71. The molecule has 0 N–H and O–H groups in total. The van der Waals surface area contributed by atoms with Gasteiger partial charge in [-0.15, -0.1) is 0 Å². The molecular formula is C25H23NO6S. The van der Waals surface area contributed by atoms with E-state index in [1.165, 1.54) is 35.7 Å². The van der Waals surface area contributed by atoms with Gasteiger partial charge in [-0.2, -0.15) is 0 Å². The lowest BCUT2D eigenvalue weighted by Gasteiger charge is -2.24. The number of benzene rings is 3. The predicted octanol–water partition coefficient (Wildman–Crippen LogP) is 3.87. The number of hydrogen-bond acceptors (Lipinski definition) is 6. The highest BCUT2D eigenvalue weighted by atomic mass is 32.2. The molecule has 0 fully saturated rings. The van der Waals surface area contributed by atoms with Crippen molar-refractivity contribution in [1.29, 1.82) is 0 Å². The van der Waals surface area contributed by atoms with Crippen molar-refractivity contribution in [3.63, 3.8) is 0 Å². The molecule has 3 aromatic rings. The molecule has 0 aromatic heterocycles. The third-order valence-electron chi connectivity index (χ3n) is 5.51. The predicted molar refractivity (Wildman–Crippen MR) is 123 cm³/mol. The number of ether oxygens (including phenoxy) is 2. The van der Waals surface area contributed by atoms with Crippen molar-refractivity contribution in [3.05, 3.63) is 89.5 Å². The second kappa shape index (κ2) is 9.07. The van der Waals surface area contributed by atoms with E-state index in [0.29, 0.717) is 23.4 Å². The van der Waals surface area contributed by atoms with E-state index in [-0.39, 0.29) is 16.5 Å². The number of carbonyl (C=O) groups excluding carboxylic acids is 2. The molecule has 8 heteroatoms. The lowest BCUT2D eigenvalue weighted by Crippen LogP contribution is -2.35. The first-order chi connectivity index (χ1) is 15.8. The molecule has 1 heterocycles. The van der Waals surface area contributed by atoms with E-state index in [4.69, 9.17) is 9.47 Å². The summed E-state index contributed by atoms with van der Waals surface area (Å²) in [6.45, 7) is 1.35. The number of anilines is 1. The Kier molecular flexibility index (Phi) is 6.20. The lowest BCUT2D eigenvalue weighted by atomic mass is 10.1. The lowest BCUT2D eigenvalue weighted by molar-refractivity contribution is 0.0473. The molecule has 3 aromatic carbocycles. The van der Waals surface area contributed by atoms with E-state index in [0.717, 1.165) is 5.56 Å². The molecule has 1 aliphatic heterocycles. The van der Waals surface area contributed by atoms with E-state index >= 15 is 0 Å². The summed E-state index contributed by atoms with van der Waals surface area (Å²) in [5.41, 5.74) is 1.94. The van der Waals surface area contributed by atoms with Gasteiger partial charge in [0, 0.05) is 6.04 Å². The summed E-state index contributed by atoms with van der Waals surface area (Å²) in [7, 11) is -2.45. The molecule has 33 heavy (non-hydrogen) atoms. The van der Waals surface area contributed by atoms with Crippen LogP contribution in [0.4, 0.5) is 5.69 Å². The van der Waals surface area contributed by atoms with Gasteiger partial charge in [0.2, 0.25) is 5.78 Å². The molecule has 0 bridgehead atoms. The van der Waals surface area contributed by atoms with Gasteiger partial charge in [0.05, 0.1) is 28.8 Å². The highest BCUT2D eigenvalue weighted by Crippen LogP contribution is 2.36. The van der Waals surface area contributed by atoms with Crippen LogP contribution in [0.25, 0.3) is 0 Å². The maximum absolute atomic E-state index is 13.4. The molecule has 0 spiro atoms. The summed E-state index contributed by atoms with van der Waals surface area (Å²) in [6.07, 6.45) is 0.613. The van der Waals surface area contributed by atoms with E-state index in [9.17, 15) is 18.0 Å². The standard InChI is InChI=1S/C25H23NO6S/c1-17-14-18-8-3-5-12-22(18)26(17)33(29,30)20-10-7-9-19(15-20)25(28)32-16-23(27)21-11-4-6-13-24(21)31-2/h3-13,15,17H,14,16H2,1-2H3. The Bertz CT molecular complexity index is 1320. The largest absolute Gasteiger partial charge is 0.496 e. The Morgan fingerprint density at radius 2 is 1.73 bits per heavy atom. The average Bonchev–Trinajstić information content (AvgIpc) is 3.18. The fourth-order valence-corrected chi connectivity index (χ4v) is 5.71. The number of nitrogens with zero attached hydrogens (tertiary/aromatic N) is 1. The summed E-state index contributed by atoms with van der Waals surface area (Å²) < 4.78 is 38.5. The minimum absolute atomic E-state index is 0.0171. The number of hydrogen-bond donors (Lipinski definition) is 0. The van der Waals surface area contributed by atoms with Crippen LogP contribution in [-0.2, 0) is 21.2 Å². The molecule has 0 amide bonds. The molecular weight excluding hydrogens is 442 g/mol. The van der Waals surface area contributed by atoms with Crippen LogP contribution in [0.3, 0.4) is 0 Å². The Balaban J connectivity index is 1.53. The first-order valence-corrected chi connectivity index (χ1v) is 11.8. The Morgan fingerprint density at radius 3 is 2.52 bits per heavy atom. The number of ketones is 1. The minimum atomic E-state index is -3.90. The van der Waals surface area contributed by atoms with E-state index in [1.54, 1.807) is 36.4 Å². The normalized spacial score (nSPS) is 15.1. The fraction of sp³-hybridized carbons (Fsp3) is 0.200. The average molecular weight is 466 g/mol. The van der Waals surface area contributed by atoms with Crippen molar-refractivity contribution < 1.29 is 27.5 Å². The first kappa shape index (κ1) is 22.5. The van der Waals surface area contributed by atoms with Gasteiger partial charge < -0.3 is 9.47 Å². The van der Waals surface area contributed by atoms with Gasteiger partial charge in [-0.25, -0.2) is 13.2 Å². The van der Waals surface area contributed by atoms with Crippen LogP contribution in [0.1, 0.15) is 33.2 Å². The summed E-state index contributed by atoms with van der Waals surface area (Å²) in [5.74, 6) is -0.830. The van der Waals surface area contributed by atoms with Crippen molar-refractivity contribution >= 4 is 27.5 Å². The zero-order chi connectivity index (χ0) is 23.6. The van der Waals surface area contributed by atoms with Gasteiger partial charge in [0.1, 0.15) is 5.75 Å². The van der Waals surface area contributed by atoms with E-state index in [2.05, 4.69) is 0 Å². The third-order valence-corrected chi connectivity index (χ3v) is 7.44. The van der Waals surface area contributed by atoms with Crippen LogP contribution in [0.5, 0.6) is 5.75 Å². The van der Waals surface area contributed by atoms with Crippen molar-refractivity contribution in [2.75, 3.05) is 18.0 Å². The summed E-state index contributed by atoms with van der Waals surface area (Å²) >= 11 is 0. The van der Waals surface area contributed by atoms with Gasteiger partial charge in [-0.05, 0) is 55.3 Å². The van der Waals surface area contributed by atoms with Crippen molar-refractivity contribution in [2.45, 2.75) is 24.3 Å². The molecule has 170 valence electrons. The van der Waals surface area contributed by atoms with Crippen molar-refractivity contribution in [1.82, 2.24) is 0 Å². The summed E-state index contributed by atoms with van der Waals surface area (Å²) in [4.78, 5) is 25.0. The molecule has 1 unspecified atom stereocenters. The molecule has 0 saturated carbocycles. The quantitative estimate of drug-likeness (QED) is 0.389. The summed E-state index contributed by atoms with van der Waals surface area (Å²) in [6, 6.07) is 19.4. The van der Waals surface area contributed by atoms with E-state index in [1.807, 2.05) is 19.1 Å². The molecule has 0 aliphatic carbocycles. The summed E-state index contributed by atoms with van der Waals surface area (Å²) in [5, 5.41) is 0. The molecule has 4 rings (SSSR count). The van der Waals surface area contributed by atoms with Gasteiger partial charge in [0.25, 0.3) is 10.0 Å².